The van der Waals surface area contributed by atoms with Crippen molar-refractivity contribution in [1.29, 1.82) is 0 Å². The van der Waals surface area contributed by atoms with Gasteiger partial charge in [0.05, 0.1) is 22.6 Å². The highest BCUT2D eigenvalue weighted by molar-refractivity contribution is 7.91. The molecular formula is C15H16N2O5S. The molecular weight excluding hydrogens is 320 g/mol. The normalized spacial score (nSPS) is 23.7. The molecule has 0 unspecified atom stereocenters. The van der Waals surface area contributed by atoms with Gasteiger partial charge in [-0.05, 0) is 25.5 Å². The summed E-state index contributed by atoms with van der Waals surface area (Å²) in [7, 11) is -3.11. The van der Waals surface area contributed by atoms with Crippen LogP contribution in [0.5, 0.6) is 0 Å². The Hall–Kier alpha value is -2.22. The Balaban J connectivity index is 1.74. The summed E-state index contributed by atoms with van der Waals surface area (Å²) in [6.45, 7) is 1.46. The maximum Gasteiger partial charge on any atom is 0.262 e. The number of nitrogens with zero attached hydrogens (tertiary/aromatic N) is 1. The summed E-state index contributed by atoms with van der Waals surface area (Å²) in [5, 5.41) is 2.61. The zero-order chi connectivity index (χ0) is 16.8. The summed E-state index contributed by atoms with van der Waals surface area (Å²) in [5.41, 5.74) is 0.557. The molecule has 0 radical (unpaired) electrons. The maximum absolute atomic E-state index is 12.3. The van der Waals surface area contributed by atoms with E-state index < -0.39 is 39.6 Å². The molecule has 2 aliphatic heterocycles. The fourth-order valence-corrected chi connectivity index (χ4v) is 4.58. The summed E-state index contributed by atoms with van der Waals surface area (Å²) in [5.74, 6) is -1.60. The van der Waals surface area contributed by atoms with E-state index >= 15 is 0 Å². The minimum absolute atomic E-state index is 0.0410. The summed E-state index contributed by atoms with van der Waals surface area (Å²) < 4.78 is 22.9. The smallest absolute Gasteiger partial charge is 0.262 e. The Morgan fingerprint density at radius 1 is 1.22 bits per heavy atom. The van der Waals surface area contributed by atoms with E-state index in [9.17, 15) is 22.8 Å². The molecule has 0 saturated carbocycles. The number of hydrogen-bond donors (Lipinski definition) is 1. The highest BCUT2D eigenvalue weighted by atomic mass is 32.2. The fraction of sp³-hybridized carbons (Fsp3) is 0.400. The molecule has 3 rings (SSSR count). The number of hydrogen-bond acceptors (Lipinski definition) is 5. The molecule has 0 aliphatic carbocycles. The van der Waals surface area contributed by atoms with Gasteiger partial charge in [0.15, 0.2) is 9.84 Å². The van der Waals surface area contributed by atoms with Gasteiger partial charge in [-0.2, -0.15) is 0 Å². The second-order valence-electron chi connectivity index (χ2n) is 5.81. The van der Waals surface area contributed by atoms with Crippen molar-refractivity contribution in [3.8, 4) is 0 Å². The highest BCUT2D eigenvalue weighted by Crippen LogP contribution is 2.24. The molecule has 0 spiro atoms. The molecule has 1 N–H and O–H groups in total. The number of rotatable bonds is 3. The van der Waals surface area contributed by atoms with Gasteiger partial charge in [0.25, 0.3) is 11.8 Å². The summed E-state index contributed by atoms with van der Waals surface area (Å²) >= 11 is 0. The number of carbonyl (C=O) groups excluding carboxylic acids is 3. The molecule has 8 heteroatoms. The lowest BCUT2D eigenvalue weighted by molar-refractivity contribution is -0.125. The summed E-state index contributed by atoms with van der Waals surface area (Å²) in [6.07, 6.45) is 0.350. The lowest BCUT2D eigenvalue weighted by Crippen LogP contribution is -2.50. The third-order valence-corrected chi connectivity index (χ3v) is 5.94. The molecule has 1 fully saturated rings. The van der Waals surface area contributed by atoms with Crippen LogP contribution in [-0.2, 0) is 14.6 Å². The molecule has 0 aromatic heterocycles. The van der Waals surface area contributed by atoms with E-state index in [0.29, 0.717) is 6.42 Å². The number of benzene rings is 1. The minimum Gasteiger partial charge on any atom is -0.351 e. The van der Waals surface area contributed by atoms with Gasteiger partial charge >= 0.3 is 0 Å². The van der Waals surface area contributed by atoms with E-state index in [4.69, 9.17) is 0 Å². The first-order valence-electron chi connectivity index (χ1n) is 7.28. The van der Waals surface area contributed by atoms with Gasteiger partial charge in [-0.25, -0.2) is 8.42 Å². The van der Waals surface area contributed by atoms with Crippen molar-refractivity contribution in [3.63, 3.8) is 0 Å². The lowest BCUT2D eigenvalue weighted by atomic mass is 10.1. The average Bonchev–Trinajstić information content (AvgIpc) is 2.97. The number of amides is 3. The van der Waals surface area contributed by atoms with Crippen LogP contribution in [0.2, 0.25) is 0 Å². The molecule has 23 heavy (non-hydrogen) atoms. The van der Waals surface area contributed by atoms with Crippen molar-refractivity contribution >= 4 is 27.6 Å². The Labute approximate surface area is 133 Å². The lowest BCUT2D eigenvalue weighted by Gasteiger charge is -2.23. The third-order valence-electron chi connectivity index (χ3n) is 4.17. The first kappa shape index (κ1) is 15.7. The molecule has 2 aliphatic rings. The Morgan fingerprint density at radius 2 is 1.78 bits per heavy atom. The van der Waals surface area contributed by atoms with Crippen LogP contribution in [0, 0.1) is 0 Å². The number of sulfone groups is 1. The minimum atomic E-state index is -3.11. The van der Waals surface area contributed by atoms with Crippen molar-refractivity contribution in [2.75, 3.05) is 11.5 Å². The second-order valence-corrected chi connectivity index (χ2v) is 8.04. The van der Waals surface area contributed by atoms with Crippen LogP contribution < -0.4 is 5.32 Å². The van der Waals surface area contributed by atoms with Crippen LogP contribution in [0.25, 0.3) is 0 Å². The van der Waals surface area contributed by atoms with Crippen LogP contribution in [-0.4, -0.2) is 54.6 Å². The molecule has 1 aromatic rings. The molecule has 7 nitrogen and oxygen atoms in total. The van der Waals surface area contributed by atoms with Crippen LogP contribution in [0.15, 0.2) is 24.3 Å². The molecule has 1 aromatic carbocycles. The van der Waals surface area contributed by atoms with Gasteiger partial charge in [0.1, 0.15) is 6.04 Å². The van der Waals surface area contributed by atoms with Crippen LogP contribution in [0.3, 0.4) is 0 Å². The molecule has 122 valence electrons. The van der Waals surface area contributed by atoms with E-state index in [-0.39, 0.29) is 22.6 Å². The topological polar surface area (TPSA) is 101 Å². The van der Waals surface area contributed by atoms with E-state index in [1.165, 1.54) is 6.92 Å². The zero-order valence-electron chi connectivity index (χ0n) is 12.5. The molecule has 0 bridgehead atoms. The molecule has 1 saturated heterocycles. The van der Waals surface area contributed by atoms with Gasteiger partial charge in [0.2, 0.25) is 5.91 Å². The predicted octanol–water partition coefficient (Wildman–Crippen LogP) is -0.0256. The molecule has 3 amide bonds. The number of imide groups is 1. The van der Waals surface area contributed by atoms with E-state index in [1.807, 2.05) is 0 Å². The van der Waals surface area contributed by atoms with Crippen molar-refractivity contribution < 1.29 is 22.8 Å². The van der Waals surface area contributed by atoms with Crippen molar-refractivity contribution in [3.05, 3.63) is 35.4 Å². The Bertz CT molecular complexity index is 767. The standard InChI is InChI=1S/C15H16N2O5S/c1-9(13(18)16-10-6-7-23(21,22)8-10)17-14(19)11-4-2-3-5-12(11)15(17)20/h2-5,9-10H,6-8H2,1H3,(H,16,18)/t9-,10+/m0/s1. The quantitative estimate of drug-likeness (QED) is 0.782. The van der Waals surface area contributed by atoms with E-state index in [0.717, 1.165) is 4.90 Å². The van der Waals surface area contributed by atoms with Crippen LogP contribution >= 0.6 is 0 Å². The largest absolute Gasteiger partial charge is 0.351 e. The maximum atomic E-state index is 12.3. The van der Waals surface area contributed by atoms with Gasteiger partial charge in [-0.15, -0.1) is 0 Å². The zero-order valence-corrected chi connectivity index (χ0v) is 13.3. The molecule has 2 heterocycles. The van der Waals surface area contributed by atoms with E-state index in [2.05, 4.69) is 5.32 Å². The van der Waals surface area contributed by atoms with E-state index in [1.54, 1.807) is 24.3 Å². The van der Waals surface area contributed by atoms with Crippen LogP contribution in [0.4, 0.5) is 0 Å². The third kappa shape index (κ3) is 2.74. The van der Waals surface area contributed by atoms with Gasteiger partial charge < -0.3 is 5.32 Å². The first-order chi connectivity index (χ1) is 10.8. The molecule has 2 atom stereocenters. The van der Waals surface area contributed by atoms with Crippen LogP contribution in [0.1, 0.15) is 34.1 Å². The Morgan fingerprint density at radius 3 is 2.26 bits per heavy atom. The number of carbonyl (C=O) groups is 3. The van der Waals surface area contributed by atoms with Crippen molar-refractivity contribution in [1.82, 2.24) is 10.2 Å². The van der Waals surface area contributed by atoms with Gasteiger partial charge in [-0.1, -0.05) is 12.1 Å². The number of fused-ring (bicyclic) bond motifs is 1. The average molecular weight is 336 g/mol. The summed E-state index contributed by atoms with van der Waals surface area (Å²) in [4.78, 5) is 37.9. The summed E-state index contributed by atoms with van der Waals surface area (Å²) in [6, 6.07) is 4.94. The number of nitrogens with one attached hydrogen (secondary N) is 1. The van der Waals surface area contributed by atoms with Gasteiger partial charge in [-0.3, -0.25) is 19.3 Å². The predicted molar refractivity (Wildman–Crippen MR) is 81.6 cm³/mol. The second kappa shape index (κ2) is 5.45. The SMILES string of the molecule is C[C@@H](C(=O)N[C@@H]1CCS(=O)(=O)C1)N1C(=O)c2ccccc2C1=O. The first-order valence-corrected chi connectivity index (χ1v) is 9.10. The fourth-order valence-electron chi connectivity index (χ4n) is 2.91. The monoisotopic (exact) mass is 336 g/mol. The van der Waals surface area contributed by atoms with Crippen molar-refractivity contribution in [2.24, 2.45) is 0 Å². The van der Waals surface area contributed by atoms with Crippen molar-refractivity contribution in [2.45, 2.75) is 25.4 Å². The highest BCUT2D eigenvalue weighted by Gasteiger charge is 2.41. The van der Waals surface area contributed by atoms with Gasteiger partial charge in [0, 0.05) is 6.04 Å². The Kier molecular flexibility index (Phi) is 3.71.